The largest absolute Gasteiger partial charge is 0.497 e. The second kappa shape index (κ2) is 10.7. The Morgan fingerprint density at radius 2 is 1.65 bits per heavy atom. The molecule has 3 aromatic carbocycles. The van der Waals surface area contributed by atoms with Gasteiger partial charge in [-0.1, -0.05) is 0 Å². The van der Waals surface area contributed by atoms with Crippen molar-refractivity contribution in [1.82, 2.24) is 0 Å². The average Bonchev–Trinajstić information content (AvgIpc) is 3.25. The van der Waals surface area contributed by atoms with Gasteiger partial charge in [-0.25, -0.2) is 4.79 Å². The zero-order chi connectivity index (χ0) is 26.7. The normalized spacial score (nSPS) is 13.6. The fourth-order valence-electron chi connectivity index (χ4n) is 3.45. The molecular formula is C25H17IN2O9. The average molecular weight is 616 g/mol. The van der Waals surface area contributed by atoms with E-state index >= 15 is 0 Å². The van der Waals surface area contributed by atoms with E-state index in [1.165, 1.54) is 7.11 Å². The van der Waals surface area contributed by atoms with Gasteiger partial charge >= 0.3 is 11.7 Å². The van der Waals surface area contributed by atoms with Gasteiger partial charge in [-0.2, -0.15) is 0 Å². The summed E-state index contributed by atoms with van der Waals surface area (Å²) in [5, 5.41) is 22.5. The molecule has 0 fully saturated rings. The molecule has 0 spiro atoms. The van der Waals surface area contributed by atoms with E-state index in [1.807, 2.05) is 22.6 Å². The maximum Gasteiger partial charge on any atom is 0.343 e. The Labute approximate surface area is 223 Å². The maximum absolute atomic E-state index is 12.5. The summed E-state index contributed by atoms with van der Waals surface area (Å²) in [5.41, 5.74) is 0.601. The predicted molar refractivity (Wildman–Crippen MR) is 141 cm³/mol. The first-order chi connectivity index (χ1) is 17.7. The molecule has 0 saturated heterocycles. The standard InChI is InChI=1S/C25H17IN2O9/c1-34-18-6-3-15(4-7-18)22-12-16(25(29)37-22)9-14-10-19(26)24(23(11-14)35-2)36-21-8-5-17(27(30)31)13-20(21)28(32)33/h3-13H,1-2H3/b16-9+. The minimum Gasteiger partial charge on any atom is -0.497 e. The first kappa shape index (κ1) is 25.6. The van der Waals surface area contributed by atoms with E-state index in [0.717, 1.165) is 18.2 Å². The highest BCUT2D eigenvalue weighted by Crippen LogP contribution is 2.41. The van der Waals surface area contributed by atoms with Gasteiger partial charge in [-0.05, 0) is 82.8 Å². The Bertz CT molecular complexity index is 1480. The van der Waals surface area contributed by atoms with Gasteiger partial charge in [-0.15, -0.1) is 0 Å². The zero-order valence-electron chi connectivity index (χ0n) is 19.3. The molecule has 4 rings (SSSR count). The molecule has 1 aliphatic rings. The van der Waals surface area contributed by atoms with E-state index in [2.05, 4.69) is 0 Å². The van der Waals surface area contributed by atoms with Crippen molar-refractivity contribution in [3.8, 4) is 23.0 Å². The van der Waals surface area contributed by atoms with Crippen LogP contribution in [0.4, 0.5) is 11.4 Å². The number of methoxy groups -OCH3 is 2. The highest BCUT2D eigenvalue weighted by atomic mass is 127. The fraction of sp³-hybridized carbons (Fsp3) is 0.0800. The van der Waals surface area contributed by atoms with Gasteiger partial charge in [0.05, 0.1) is 39.3 Å². The molecule has 1 heterocycles. The molecule has 0 atom stereocenters. The van der Waals surface area contributed by atoms with E-state index in [-0.39, 0.29) is 17.2 Å². The summed E-state index contributed by atoms with van der Waals surface area (Å²) in [6.07, 6.45) is 3.23. The van der Waals surface area contributed by atoms with Crippen LogP contribution in [0.3, 0.4) is 0 Å². The summed E-state index contributed by atoms with van der Waals surface area (Å²) >= 11 is 1.96. The molecule has 188 valence electrons. The van der Waals surface area contributed by atoms with E-state index in [4.69, 9.17) is 18.9 Å². The highest BCUT2D eigenvalue weighted by molar-refractivity contribution is 14.1. The molecular weight excluding hydrogens is 599 g/mol. The molecule has 0 aliphatic carbocycles. The number of cyclic esters (lactones) is 1. The minimum absolute atomic E-state index is 0.172. The van der Waals surface area contributed by atoms with Crippen LogP contribution in [0.25, 0.3) is 11.8 Å². The van der Waals surface area contributed by atoms with Crippen LogP contribution in [0.5, 0.6) is 23.0 Å². The first-order valence-corrected chi connectivity index (χ1v) is 11.6. The monoisotopic (exact) mass is 616 g/mol. The number of nitro groups is 2. The second-order valence-electron chi connectivity index (χ2n) is 7.53. The number of ether oxygens (including phenoxy) is 4. The minimum atomic E-state index is -0.765. The van der Waals surface area contributed by atoms with Gasteiger partial charge in [0.15, 0.2) is 11.5 Å². The molecule has 1 aliphatic heterocycles. The lowest BCUT2D eigenvalue weighted by Gasteiger charge is -2.13. The Hall–Kier alpha value is -4.46. The lowest BCUT2D eigenvalue weighted by Crippen LogP contribution is -1.99. The van der Waals surface area contributed by atoms with Crippen LogP contribution in [0.1, 0.15) is 11.1 Å². The Balaban J connectivity index is 1.66. The Kier molecular flexibility index (Phi) is 7.38. The number of nitro benzene ring substituents is 2. The van der Waals surface area contributed by atoms with Crippen molar-refractivity contribution in [3.05, 3.63) is 101 Å². The molecule has 0 unspecified atom stereocenters. The molecule has 11 nitrogen and oxygen atoms in total. The molecule has 0 aromatic heterocycles. The van der Waals surface area contributed by atoms with Crippen LogP contribution in [0.15, 0.2) is 66.2 Å². The molecule has 3 aromatic rings. The van der Waals surface area contributed by atoms with Gasteiger partial charge in [0, 0.05) is 11.6 Å². The number of esters is 1. The number of carbonyl (C=O) groups is 1. The summed E-state index contributed by atoms with van der Waals surface area (Å²) in [6.45, 7) is 0. The highest BCUT2D eigenvalue weighted by Gasteiger charge is 2.25. The van der Waals surface area contributed by atoms with Crippen LogP contribution >= 0.6 is 22.6 Å². The molecule has 0 N–H and O–H groups in total. The third kappa shape index (κ3) is 5.53. The number of carbonyl (C=O) groups excluding carboxylic acids is 1. The lowest BCUT2D eigenvalue weighted by atomic mass is 10.1. The Morgan fingerprint density at radius 1 is 0.919 bits per heavy atom. The number of benzene rings is 3. The van der Waals surface area contributed by atoms with Crippen molar-refractivity contribution in [3.63, 3.8) is 0 Å². The lowest BCUT2D eigenvalue weighted by molar-refractivity contribution is -0.394. The molecule has 0 saturated carbocycles. The molecule has 0 radical (unpaired) electrons. The van der Waals surface area contributed by atoms with Gasteiger partial charge in [0.25, 0.3) is 5.69 Å². The van der Waals surface area contributed by atoms with Gasteiger partial charge in [-0.3, -0.25) is 20.2 Å². The van der Waals surface area contributed by atoms with Crippen molar-refractivity contribution in [2.24, 2.45) is 0 Å². The number of hydrogen-bond donors (Lipinski definition) is 0. The molecule has 37 heavy (non-hydrogen) atoms. The summed E-state index contributed by atoms with van der Waals surface area (Å²) in [7, 11) is 2.95. The van der Waals surface area contributed by atoms with Crippen LogP contribution in [0.2, 0.25) is 0 Å². The third-order valence-corrected chi connectivity index (χ3v) is 6.04. The van der Waals surface area contributed by atoms with Crippen LogP contribution in [0, 0.1) is 23.8 Å². The Morgan fingerprint density at radius 3 is 2.27 bits per heavy atom. The predicted octanol–water partition coefficient (Wildman–Crippen LogP) is 5.90. The molecule has 0 bridgehead atoms. The zero-order valence-corrected chi connectivity index (χ0v) is 21.5. The molecule has 12 heteroatoms. The topological polar surface area (TPSA) is 140 Å². The SMILES string of the molecule is COc1ccc(C2=C/C(=C\c3cc(I)c(Oc4ccc([N+](=O)[O-])cc4[N+](=O)[O-])c(OC)c3)C(=O)O2)cc1. The second-order valence-corrected chi connectivity index (χ2v) is 8.69. The smallest absolute Gasteiger partial charge is 0.343 e. The van der Waals surface area contributed by atoms with E-state index in [0.29, 0.717) is 31.8 Å². The number of non-ortho nitro benzene ring substituents is 1. The number of nitrogens with zero attached hydrogens (tertiary/aromatic N) is 2. The third-order valence-electron chi connectivity index (χ3n) is 5.24. The van der Waals surface area contributed by atoms with Crippen molar-refractivity contribution in [1.29, 1.82) is 0 Å². The number of halogens is 1. The van der Waals surface area contributed by atoms with Gasteiger partial charge in [0.2, 0.25) is 5.75 Å². The van der Waals surface area contributed by atoms with Gasteiger partial charge < -0.3 is 18.9 Å². The maximum atomic E-state index is 12.5. The first-order valence-electron chi connectivity index (χ1n) is 10.5. The van der Waals surface area contributed by atoms with Crippen molar-refractivity contribution < 1.29 is 33.6 Å². The fourth-order valence-corrected chi connectivity index (χ4v) is 4.18. The van der Waals surface area contributed by atoms with E-state index < -0.39 is 27.2 Å². The van der Waals surface area contributed by atoms with Crippen LogP contribution in [-0.4, -0.2) is 30.0 Å². The summed E-state index contributed by atoms with van der Waals surface area (Å²) in [6, 6.07) is 13.4. The van der Waals surface area contributed by atoms with Crippen molar-refractivity contribution in [2.75, 3.05) is 14.2 Å². The number of rotatable bonds is 8. The summed E-state index contributed by atoms with van der Waals surface area (Å²) in [4.78, 5) is 33.5. The van der Waals surface area contributed by atoms with Crippen molar-refractivity contribution >= 4 is 51.8 Å². The van der Waals surface area contributed by atoms with E-state index in [9.17, 15) is 25.0 Å². The number of hydrogen-bond acceptors (Lipinski definition) is 9. The molecule has 0 amide bonds. The van der Waals surface area contributed by atoms with Crippen molar-refractivity contribution in [2.45, 2.75) is 0 Å². The van der Waals surface area contributed by atoms with Crippen LogP contribution < -0.4 is 14.2 Å². The van der Waals surface area contributed by atoms with E-state index in [1.54, 1.807) is 55.7 Å². The quantitative estimate of drug-likeness (QED) is 0.0995. The van der Waals surface area contributed by atoms with Crippen LogP contribution in [-0.2, 0) is 9.53 Å². The summed E-state index contributed by atoms with van der Waals surface area (Å²) < 4.78 is 22.3. The van der Waals surface area contributed by atoms with Gasteiger partial charge in [0.1, 0.15) is 11.5 Å². The summed E-state index contributed by atoms with van der Waals surface area (Å²) in [5.74, 6) is 0.757.